The number of fused-ring (bicyclic) bond motifs is 1. The van der Waals surface area contributed by atoms with E-state index in [2.05, 4.69) is 24.9 Å². The van der Waals surface area contributed by atoms with Crippen LogP contribution in [0.5, 0.6) is 11.6 Å². The number of benzene rings is 1. The van der Waals surface area contributed by atoms with E-state index in [-0.39, 0.29) is 11.9 Å². The largest absolute Gasteiger partial charge is 0.496 e. The van der Waals surface area contributed by atoms with Gasteiger partial charge in [-0.2, -0.15) is 10.4 Å². The Balaban J connectivity index is 1.73. The van der Waals surface area contributed by atoms with Gasteiger partial charge in [-0.05, 0) is 32.8 Å². The summed E-state index contributed by atoms with van der Waals surface area (Å²) in [5, 5.41) is 14.9. The number of aromatic nitrogens is 4. The minimum Gasteiger partial charge on any atom is -0.496 e. The van der Waals surface area contributed by atoms with Crippen molar-refractivity contribution in [2.24, 2.45) is 5.73 Å². The highest BCUT2D eigenvalue weighted by molar-refractivity contribution is 5.61. The van der Waals surface area contributed by atoms with E-state index in [1.165, 1.54) is 0 Å². The predicted molar refractivity (Wildman–Crippen MR) is 114 cm³/mol. The second kappa shape index (κ2) is 7.20. The molecule has 8 nitrogen and oxygen atoms in total. The molecule has 8 heteroatoms. The second-order valence-corrected chi connectivity index (χ2v) is 8.24. The number of nitriles is 1. The van der Waals surface area contributed by atoms with Gasteiger partial charge in [0.15, 0.2) is 0 Å². The minimum absolute atomic E-state index is 0.101. The Hall–Kier alpha value is -3.73. The smallest absolute Gasteiger partial charge is 0.224 e. The number of allylic oxidation sites excluding steroid dienone is 1. The van der Waals surface area contributed by atoms with E-state index in [0.29, 0.717) is 23.1 Å². The Bertz CT molecular complexity index is 1210. The van der Waals surface area contributed by atoms with Gasteiger partial charge in [-0.3, -0.25) is 0 Å². The van der Waals surface area contributed by atoms with Crippen molar-refractivity contribution in [2.45, 2.75) is 44.6 Å². The molecule has 0 saturated heterocycles. The number of imidazole rings is 1. The molecule has 1 aromatic carbocycles. The quantitative estimate of drug-likeness (QED) is 0.679. The molecule has 1 aliphatic heterocycles. The fourth-order valence-electron chi connectivity index (χ4n) is 4.22. The standard InChI is InChI=1S/C23H24N6O2/c1-13(2)29-23-20(21(27-29)14-4-5-14)19(17(11-24)22(25)31-23)16-7-6-15(10-18(16)30-3)28-9-8-26-12-28/h6-10,12-14,19H,4-5,25H2,1-3H3. The molecule has 3 heterocycles. The summed E-state index contributed by atoms with van der Waals surface area (Å²) in [6.45, 7) is 4.12. The van der Waals surface area contributed by atoms with Crippen LogP contribution < -0.4 is 15.2 Å². The zero-order chi connectivity index (χ0) is 21.7. The fraction of sp³-hybridized carbons (Fsp3) is 0.348. The molecule has 158 valence electrons. The molecule has 0 bridgehead atoms. The van der Waals surface area contributed by atoms with Gasteiger partial charge < -0.3 is 19.8 Å². The topological polar surface area (TPSA) is 104 Å². The van der Waals surface area contributed by atoms with Gasteiger partial charge in [0.2, 0.25) is 11.8 Å². The minimum atomic E-state index is -0.399. The Kier molecular flexibility index (Phi) is 4.47. The van der Waals surface area contributed by atoms with Crippen molar-refractivity contribution < 1.29 is 9.47 Å². The third-order valence-corrected chi connectivity index (χ3v) is 5.88. The van der Waals surface area contributed by atoms with Gasteiger partial charge in [0.25, 0.3) is 0 Å². The molecular weight excluding hydrogens is 392 g/mol. The van der Waals surface area contributed by atoms with Gasteiger partial charge in [-0.25, -0.2) is 9.67 Å². The third kappa shape index (κ3) is 3.05. The molecule has 1 atom stereocenters. The predicted octanol–water partition coefficient (Wildman–Crippen LogP) is 3.75. The molecule has 1 saturated carbocycles. The van der Waals surface area contributed by atoms with E-state index in [0.717, 1.165) is 35.3 Å². The third-order valence-electron chi connectivity index (χ3n) is 5.88. The molecular formula is C23H24N6O2. The fourth-order valence-corrected chi connectivity index (χ4v) is 4.22. The summed E-state index contributed by atoms with van der Waals surface area (Å²) in [5.41, 5.74) is 10.3. The van der Waals surface area contributed by atoms with Crippen LogP contribution in [0, 0.1) is 11.3 Å². The van der Waals surface area contributed by atoms with Gasteiger partial charge in [0.05, 0.1) is 42.3 Å². The number of hydrogen-bond acceptors (Lipinski definition) is 6. The molecule has 2 N–H and O–H groups in total. The van der Waals surface area contributed by atoms with Crippen molar-refractivity contribution in [1.82, 2.24) is 19.3 Å². The van der Waals surface area contributed by atoms with E-state index in [1.807, 2.05) is 33.6 Å². The van der Waals surface area contributed by atoms with Crippen LogP contribution in [0.4, 0.5) is 0 Å². The van der Waals surface area contributed by atoms with E-state index in [1.54, 1.807) is 19.6 Å². The van der Waals surface area contributed by atoms with Gasteiger partial charge >= 0.3 is 0 Å². The molecule has 2 aromatic heterocycles. The highest BCUT2D eigenvalue weighted by Crippen LogP contribution is 2.52. The highest BCUT2D eigenvalue weighted by atomic mass is 16.5. The van der Waals surface area contributed by atoms with Crippen LogP contribution in [0.2, 0.25) is 0 Å². The molecule has 31 heavy (non-hydrogen) atoms. The first kappa shape index (κ1) is 19.2. The summed E-state index contributed by atoms with van der Waals surface area (Å²) < 4.78 is 15.5. The van der Waals surface area contributed by atoms with Crippen LogP contribution >= 0.6 is 0 Å². The van der Waals surface area contributed by atoms with Crippen LogP contribution in [0.25, 0.3) is 5.69 Å². The number of methoxy groups -OCH3 is 1. The van der Waals surface area contributed by atoms with Gasteiger partial charge in [0, 0.05) is 29.9 Å². The van der Waals surface area contributed by atoms with Crippen molar-refractivity contribution in [3.05, 3.63) is 65.2 Å². The normalized spacial score (nSPS) is 18.0. The summed E-state index contributed by atoms with van der Waals surface area (Å²) in [5.74, 6) is 1.40. The Labute approximate surface area is 180 Å². The molecule has 1 fully saturated rings. The average Bonchev–Trinajstić information content (AvgIpc) is 3.32. The van der Waals surface area contributed by atoms with Crippen LogP contribution in [-0.2, 0) is 0 Å². The van der Waals surface area contributed by atoms with Crippen molar-refractivity contribution in [1.29, 1.82) is 5.26 Å². The number of nitrogens with two attached hydrogens (primary N) is 1. The average molecular weight is 416 g/mol. The van der Waals surface area contributed by atoms with E-state index < -0.39 is 5.92 Å². The SMILES string of the molecule is COc1cc(-n2ccnc2)ccc1C1C(C#N)=C(N)Oc2c1c(C1CC1)nn2C(C)C. The zero-order valence-electron chi connectivity index (χ0n) is 17.7. The first-order chi connectivity index (χ1) is 15.0. The maximum atomic E-state index is 10.0. The summed E-state index contributed by atoms with van der Waals surface area (Å²) >= 11 is 0. The van der Waals surface area contributed by atoms with Gasteiger partial charge in [-0.1, -0.05) is 6.07 Å². The van der Waals surface area contributed by atoms with E-state index in [4.69, 9.17) is 20.3 Å². The Morgan fingerprint density at radius 2 is 2.13 bits per heavy atom. The maximum Gasteiger partial charge on any atom is 0.224 e. The van der Waals surface area contributed by atoms with Crippen molar-refractivity contribution in [2.75, 3.05) is 7.11 Å². The second-order valence-electron chi connectivity index (χ2n) is 8.24. The van der Waals surface area contributed by atoms with E-state index in [9.17, 15) is 5.26 Å². The Morgan fingerprint density at radius 3 is 2.74 bits per heavy atom. The lowest BCUT2D eigenvalue weighted by molar-refractivity contribution is 0.333. The summed E-state index contributed by atoms with van der Waals surface area (Å²) in [4.78, 5) is 4.12. The van der Waals surface area contributed by atoms with E-state index >= 15 is 0 Å². The Morgan fingerprint density at radius 1 is 1.32 bits per heavy atom. The van der Waals surface area contributed by atoms with Crippen LogP contribution in [-0.4, -0.2) is 26.4 Å². The van der Waals surface area contributed by atoms with Crippen molar-refractivity contribution in [3.8, 4) is 23.4 Å². The monoisotopic (exact) mass is 416 g/mol. The van der Waals surface area contributed by atoms with Crippen LogP contribution in [0.3, 0.4) is 0 Å². The number of rotatable bonds is 5. The first-order valence-corrected chi connectivity index (χ1v) is 10.4. The molecule has 2 aliphatic rings. The van der Waals surface area contributed by atoms with Crippen molar-refractivity contribution in [3.63, 3.8) is 0 Å². The van der Waals surface area contributed by atoms with Crippen LogP contribution in [0.1, 0.15) is 61.4 Å². The number of nitrogens with zero attached hydrogens (tertiary/aromatic N) is 5. The lowest BCUT2D eigenvalue weighted by atomic mass is 9.82. The molecule has 3 aromatic rings. The lowest BCUT2D eigenvalue weighted by Crippen LogP contribution is -2.23. The molecule has 0 radical (unpaired) electrons. The maximum absolute atomic E-state index is 10.0. The van der Waals surface area contributed by atoms with Crippen LogP contribution in [0.15, 0.2) is 48.4 Å². The highest BCUT2D eigenvalue weighted by Gasteiger charge is 2.42. The van der Waals surface area contributed by atoms with Gasteiger partial charge in [-0.15, -0.1) is 0 Å². The number of ether oxygens (including phenoxy) is 2. The lowest BCUT2D eigenvalue weighted by Gasteiger charge is -2.27. The molecule has 1 unspecified atom stereocenters. The molecule has 0 amide bonds. The first-order valence-electron chi connectivity index (χ1n) is 10.4. The van der Waals surface area contributed by atoms with Gasteiger partial charge in [0.1, 0.15) is 17.4 Å². The molecule has 5 rings (SSSR count). The van der Waals surface area contributed by atoms with Crippen molar-refractivity contribution >= 4 is 0 Å². The molecule has 1 aliphatic carbocycles. The summed E-state index contributed by atoms with van der Waals surface area (Å²) in [6.07, 6.45) is 7.51. The summed E-state index contributed by atoms with van der Waals surface area (Å²) in [7, 11) is 1.63. The number of hydrogen-bond donors (Lipinski definition) is 1. The molecule has 0 spiro atoms. The zero-order valence-corrected chi connectivity index (χ0v) is 17.7. The summed E-state index contributed by atoms with van der Waals surface area (Å²) in [6, 6.07) is 8.31.